The Kier molecular flexibility index (Phi) is 2.62. The fraction of sp³-hybridized carbons (Fsp3) is 0.324. The Bertz CT molecular complexity index is 5800. The van der Waals surface area contributed by atoms with Gasteiger partial charge in [-0.15, -0.1) is 11.8 Å². The zero-order chi connectivity index (χ0) is 42.6. The molecule has 0 aromatic heterocycles. The minimum Gasteiger partial charge on any atom is -0.112 e. The van der Waals surface area contributed by atoms with Crippen LogP contribution in [-0.2, 0) is 10.2 Å². The van der Waals surface area contributed by atoms with Crippen molar-refractivity contribution >= 4 is 109 Å². The molecule has 22 atom stereocenters. The van der Waals surface area contributed by atoms with E-state index < -0.39 is 0 Å². The summed E-state index contributed by atoms with van der Waals surface area (Å²) >= 11 is 2.60. The van der Waals surface area contributed by atoms with Crippen LogP contribution in [0.2, 0.25) is 0 Å². The van der Waals surface area contributed by atoms with Gasteiger partial charge in [0.2, 0.25) is 0 Å². The average Bonchev–Trinajstić information content (AvgIpc) is 4.29. The zero-order valence-corrected chi connectivity index (χ0v) is 39.2. The van der Waals surface area contributed by atoms with Crippen LogP contribution in [0, 0.1) is 18.8 Å². The fourth-order valence-corrected chi connectivity index (χ4v) is 35.1. The third-order valence-electron chi connectivity index (χ3n) is 31.4. The molecule has 22 aliphatic carbocycles. The minimum absolute atomic E-state index is 0.00296. The molecule has 1 saturated carbocycles. The molecule has 1 fully saturated rings. The SMILES string of the molecule is Cc1cccc2ccc3c(c12)SC12c4c5c6c7c8c9c%10c%11c%12c%13c%14c%15c(c%16c%13c%10c7c4-%16)C31C1C%15C3c4c7c%10c%13c%15c%16c%17c%18c%19c%20c%21c%22c%23c(c4c4c%22c%19c%16c%104)C3C%14C%12C%23C%21C%11C9C%20C%18C8C6C%17C%15C5C2C%13C71. The Morgan fingerprint density at radius 1 is 0.306 bits per heavy atom. The molecule has 35 rings (SSSR count). The smallest absolute Gasteiger partial charge is 0.0645 e. The number of hydrogen-bond acceptors (Lipinski definition) is 1. The topological polar surface area (TPSA) is 0 Å². The summed E-state index contributed by atoms with van der Waals surface area (Å²) < 4.78 is 0.0272. The van der Waals surface area contributed by atoms with Gasteiger partial charge in [-0.2, -0.15) is 0 Å². The molecular weight excluding hydrogens is 885 g/mol. The second-order valence-corrected chi connectivity index (χ2v) is 31.5. The molecular formula is C71H28S. The molecule has 1 aliphatic heterocycles. The van der Waals surface area contributed by atoms with Crippen LogP contribution in [0.25, 0.3) is 108 Å². The van der Waals surface area contributed by atoms with Crippen molar-refractivity contribution in [3.63, 3.8) is 0 Å². The van der Waals surface area contributed by atoms with Crippen molar-refractivity contribution < 1.29 is 0 Å². The van der Waals surface area contributed by atoms with Gasteiger partial charge in [0.25, 0.3) is 0 Å². The van der Waals surface area contributed by atoms with E-state index >= 15 is 0 Å². The van der Waals surface area contributed by atoms with Crippen LogP contribution < -0.4 is 0 Å². The Labute approximate surface area is 410 Å². The van der Waals surface area contributed by atoms with E-state index in [-0.39, 0.29) is 10.2 Å². The van der Waals surface area contributed by atoms with Crippen molar-refractivity contribution in [3.05, 3.63) is 153 Å². The van der Waals surface area contributed by atoms with Gasteiger partial charge in [0.05, 0.1) is 4.75 Å². The maximum atomic E-state index is 2.88. The van der Waals surface area contributed by atoms with E-state index in [0.29, 0.717) is 118 Å². The lowest BCUT2D eigenvalue weighted by molar-refractivity contribution is 0.0342. The first-order chi connectivity index (χ1) is 35.8. The lowest BCUT2D eigenvalue weighted by atomic mass is 9.39. The predicted octanol–water partition coefficient (Wildman–Crippen LogP) is 16.0. The minimum atomic E-state index is -0.00296. The van der Waals surface area contributed by atoms with E-state index in [9.17, 15) is 0 Å². The molecule has 0 bridgehead atoms. The average molecular weight is 913 g/mol. The molecule has 23 aliphatic rings. The van der Waals surface area contributed by atoms with Gasteiger partial charge in [-0.3, -0.25) is 0 Å². The second-order valence-electron chi connectivity index (χ2n) is 30.2. The monoisotopic (exact) mass is 912 g/mol. The maximum Gasteiger partial charge on any atom is 0.0645 e. The highest BCUT2D eigenvalue weighted by atomic mass is 32.2. The van der Waals surface area contributed by atoms with Crippen LogP contribution in [0.4, 0.5) is 0 Å². The molecule has 0 saturated heterocycles. The molecule has 2 spiro atoms. The highest BCUT2D eigenvalue weighted by molar-refractivity contribution is 8.01. The normalized spacial score (nSPS) is 47.0. The number of aryl methyl sites for hydroxylation is 1. The first-order valence-electron chi connectivity index (χ1n) is 29.3. The van der Waals surface area contributed by atoms with Crippen LogP contribution in [0.5, 0.6) is 0 Å². The standard InChI is InChI=1S/C71H28S/c1-7-3-2-4-8-5-6-9-69(10(7)8)72-71-67-61-55-45-33-25-17-13-11-12-15-19(17)27(33)37-31-23(15)24-16(12)20-18-14(11)22-21(13)29-35(25)43-49-39(29)40-30(22)36-26(18)34-28(20)38-32(24)42-41(31)53(47(37)55)63(67)64-54(42)48(38)56-46(34)52-44(36)50(40)58-57(49)65(59(61)51(43)45)70(9,71)66(58)60(52)62(56)68(64)71/h2-6,13,15,17,19,21,23,29,31,39-42,50,54,58,60,62,64,66,68H,1H3. The number of benzene rings is 11. The largest absolute Gasteiger partial charge is 0.112 e. The molecule has 12 aromatic rings. The summed E-state index contributed by atoms with van der Waals surface area (Å²) in [5.41, 5.74) is 47.9. The van der Waals surface area contributed by atoms with Crippen LogP contribution in [0.15, 0.2) is 35.2 Å². The molecule has 318 valence electrons. The van der Waals surface area contributed by atoms with Gasteiger partial charge in [-0.1, -0.05) is 30.3 Å². The molecule has 72 heavy (non-hydrogen) atoms. The summed E-state index contributed by atoms with van der Waals surface area (Å²) in [7, 11) is 0. The lowest BCUT2D eigenvalue weighted by Crippen LogP contribution is -2.62. The highest BCUT2D eigenvalue weighted by Crippen LogP contribution is 3.01. The van der Waals surface area contributed by atoms with Gasteiger partial charge in [-0.05, 0) is 356 Å². The van der Waals surface area contributed by atoms with Gasteiger partial charge in [0, 0.05) is 10.3 Å². The van der Waals surface area contributed by atoms with Crippen molar-refractivity contribution in [3.8, 4) is 11.1 Å². The van der Waals surface area contributed by atoms with Gasteiger partial charge >= 0.3 is 0 Å². The predicted molar refractivity (Wildman–Crippen MR) is 279 cm³/mol. The Morgan fingerprint density at radius 2 is 0.653 bits per heavy atom. The third kappa shape index (κ3) is 1.56. The molecule has 1 heteroatoms. The number of thioether (sulfide) groups is 1. The van der Waals surface area contributed by atoms with Gasteiger partial charge in [-0.25, -0.2) is 0 Å². The van der Waals surface area contributed by atoms with E-state index in [1.165, 1.54) is 10.9 Å². The van der Waals surface area contributed by atoms with Crippen molar-refractivity contribution in [2.75, 3.05) is 0 Å². The van der Waals surface area contributed by atoms with Crippen molar-refractivity contribution in [1.29, 1.82) is 0 Å². The van der Waals surface area contributed by atoms with E-state index in [1.807, 2.05) is 203 Å². The molecule has 0 amide bonds. The Balaban J connectivity index is 1.00. The number of fused-ring (bicyclic) bond motifs is 3. The molecule has 0 radical (unpaired) electrons. The lowest BCUT2D eigenvalue weighted by Gasteiger charge is -2.65. The fourth-order valence-electron chi connectivity index (χ4n) is 32.8. The molecule has 22 unspecified atom stereocenters. The molecule has 0 nitrogen and oxygen atoms in total. The number of rotatable bonds is 0. The van der Waals surface area contributed by atoms with Crippen molar-refractivity contribution in [2.24, 2.45) is 11.8 Å². The summed E-state index contributed by atoms with van der Waals surface area (Å²) in [6, 6.07) is 12.9. The zero-order valence-electron chi connectivity index (χ0n) is 38.3. The van der Waals surface area contributed by atoms with E-state index in [4.69, 9.17) is 0 Å². The van der Waals surface area contributed by atoms with Crippen LogP contribution in [-0.4, -0.2) is 0 Å². The van der Waals surface area contributed by atoms with Crippen LogP contribution >= 0.6 is 11.8 Å². The molecule has 0 N–H and O–H groups in total. The van der Waals surface area contributed by atoms with Gasteiger partial charge < -0.3 is 0 Å². The third-order valence-corrected chi connectivity index (χ3v) is 33.2. The summed E-state index contributed by atoms with van der Waals surface area (Å²) in [5.74, 6) is 13.2. The van der Waals surface area contributed by atoms with Crippen LogP contribution in [0.3, 0.4) is 0 Å². The molecule has 12 aromatic carbocycles. The van der Waals surface area contributed by atoms with Crippen molar-refractivity contribution in [2.45, 2.75) is 129 Å². The highest BCUT2D eigenvalue weighted by Gasteiger charge is 2.89. The quantitative estimate of drug-likeness (QED) is 0.137. The first kappa shape index (κ1) is 28.5. The van der Waals surface area contributed by atoms with Crippen molar-refractivity contribution in [1.82, 2.24) is 0 Å². The van der Waals surface area contributed by atoms with E-state index in [0.717, 1.165) is 0 Å². The van der Waals surface area contributed by atoms with Gasteiger partial charge in [0.15, 0.2) is 0 Å². The summed E-state index contributed by atoms with van der Waals surface area (Å²) in [6.07, 6.45) is 0. The summed E-state index contributed by atoms with van der Waals surface area (Å²) in [4.78, 5) is 1.76. The van der Waals surface area contributed by atoms with Gasteiger partial charge in [0.1, 0.15) is 0 Å². The first-order valence-corrected chi connectivity index (χ1v) is 30.1. The summed E-state index contributed by atoms with van der Waals surface area (Å²) in [5, 5.41) is 33.8. The summed E-state index contributed by atoms with van der Waals surface area (Å²) in [6.45, 7) is 2.50. The number of hydrogen-bond donors (Lipinski definition) is 0. The Hall–Kier alpha value is -5.89. The molecule has 1 heterocycles. The Morgan fingerprint density at radius 3 is 1.14 bits per heavy atom. The van der Waals surface area contributed by atoms with E-state index in [2.05, 4.69) is 60.1 Å². The van der Waals surface area contributed by atoms with E-state index in [1.54, 1.807) is 10.3 Å². The second kappa shape index (κ2) is 6.62. The maximum absolute atomic E-state index is 2.88. The van der Waals surface area contributed by atoms with Crippen LogP contribution in [0.1, 0.15) is 229 Å².